The summed E-state index contributed by atoms with van der Waals surface area (Å²) in [5.74, 6) is -0.143. The van der Waals surface area contributed by atoms with E-state index in [2.05, 4.69) is 35.2 Å². The highest BCUT2D eigenvalue weighted by molar-refractivity contribution is 7.47. The number of H-pyrrole nitrogens is 2. The van der Waals surface area contributed by atoms with Crippen molar-refractivity contribution in [1.82, 2.24) is 39.0 Å². The molecule has 10 N–H and O–H groups in total. The van der Waals surface area contributed by atoms with Gasteiger partial charge in [-0.25, -0.2) is 14.5 Å². The highest BCUT2D eigenvalue weighted by Crippen LogP contribution is 2.52. The lowest BCUT2D eigenvalue weighted by molar-refractivity contribution is -0.0959. The summed E-state index contributed by atoms with van der Waals surface area (Å²) in [7, 11) is -3.58. The average Bonchev–Trinajstić information content (AvgIpc) is 3.72. The molecule has 9 atom stereocenters. The van der Waals surface area contributed by atoms with Crippen LogP contribution < -0.4 is 22.2 Å². The van der Waals surface area contributed by atoms with Gasteiger partial charge in [0.2, 0.25) is 11.9 Å². The van der Waals surface area contributed by atoms with Crippen molar-refractivity contribution in [3.63, 3.8) is 0 Å². The van der Waals surface area contributed by atoms with Crippen LogP contribution in [0.15, 0.2) is 22.2 Å². The van der Waals surface area contributed by atoms with Gasteiger partial charge in [0.15, 0.2) is 34.8 Å². The first kappa shape index (κ1) is 31.2. The molecule has 0 radical (unpaired) electrons. The number of rotatable bonds is 9. The fourth-order valence-electron chi connectivity index (χ4n) is 5.34. The SMILES string of the molecule is CNc1nc2c(ncn2[C@@H]2O[C@H](CO)[C@@H](OP(=O)(O)OC[C@H]3O[C@@H](n4cnc5c(=O)[nH]c(N)nc54)[C@H](O)[C@@H]3O)[C@@]2(C)O)c(=O)[nH]1. The molecule has 4 aromatic heterocycles. The third-order valence-electron chi connectivity index (χ3n) is 7.53. The molecule has 2 aliphatic heterocycles. The second-order valence-corrected chi connectivity index (χ2v) is 11.9. The van der Waals surface area contributed by atoms with Gasteiger partial charge in [0.25, 0.3) is 11.1 Å². The first-order valence-corrected chi connectivity index (χ1v) is 14.8. The minimum atomic E-state index is -5.10. The number of nitrogens with two attached hydrogens (primary N) is 1. The molecule has 0 bridgehead atoms. The first-order valence-electron chi connectivity index (χ1n) is 13.3. The Bertz CT molecular complexity index is 1910. The summed E-state index contributed by atoms with van der Waals surface area (Å²) in [5, 5.41) is 45.3. The maximum Gasteiger partial charge on any atom is 0.472 e. The summed E-state index contributed by atoms with van der Waals surface area (Å²) >= 11 is 0. The molecular weight excluding hydrogens is 627 g/mol. The maximum absolute atomic E-state index is 13.1. The Balaban J connectivity index is 1.18. The molecule has 45 heavy (non-hydrogen) atoms. The molecule has 22 nitrogen and oxygen atoms in total. The van der Waals surface area contributed by atoms with Crippen LogP contribution in [-0.4, -0.2) is 121 Å². The number of hydrogen-bond donors (Lipinski definition) is 9. The van der Waals surface area contributed by atoms with Crippen molar-refractivity contribution in [2.24, 2.45) is 0 Å². The number of aliphatic hydroxyl groups is 4. The number of aliphatic hydroxyl groups excluding tert-OH is 3. The molecule has 0 saturated carbocycles. The summed E-state index contributed by atoms with van der Waals surface area (Å²) in [6.07, 6.45) is -8.14. The maximum atomic E-state index is 13.1. The van der Waals surface area contributed by atoms with Crippen LogP contribution in [0.2, 0.25) is 0 Å². The predicted molar refractivity (Wildman–Crippen MR) is 148 cm³/mol. The highest BCUT2D eigenvalue weighted by Gasteiger charge is 2.57. The van der Waals surface area contributed by atoms with Crippen LogP contribution in [-0.2, 0) is 23.1 Å². The number of ether oxygens (including phenoxy) is 2. The third kappa shape index (κ3) is 5.29. The number of nitrogens with zero attached hydrogens (tertiary/aromatic N) is 6. The Morgan fingerprint density at radius 3 is 2.38 bits per heavy atom. The lowest BCUT2D eigenvalue weighted by Crippen LogP contribution is -2.45. The van der Waals surface area contributed by atoms with E-state index in [-0.39, 0.29) is 34.2 Å². The Kier molecular flexibility index (Phi) is 7.76. The standard InChI is InChI=1S/C22H29N10O12P/c1-22(38)13(7(3-33)43-19(22)32-6-26-10-15(32)28-21(24-2)30-17(10)37)44-45(39,40)41-4-8-11(34)12(35)18(42-8)31-5-25-9-14(31)27-20(23)29-16(9)36/h5-8,11-13,18-19,33-35,38H,3-4H2,1-2H3,(H,39,40)(H3,23,27,29,36)(H2,24,28,30,37)/t7-,8-,11-,12-,13-,18-,19-,22-/m1/s1. The zero-order chi connectivity index (χ0) is 32.4. The van der Waals surface area contributed by atoms with Gasteiger partial charge < -0.3 is 45.8 Å². The number of aromatic amines is 2. The second-order valence-electron chi connectivity index (χ2n) is 10.5. The molecule has 2 aliphatic rings. The van der Waals surface area contributed by atoms with Gasteiger partial charge in [-0.15, -0.1) is 0 Å². The summed E-state index contributed by atoms with van der Waals surface area (Å²) in [5.41, 5.74) is 2.00. The van der Waals surface area contributed by atoms with Crippen molar-refractivity contribution in [3.8, 4) is 0 Å². The van der Waals surface area contributed by atoms with Crippen LogP contribution in [0.4, 0.5) is 11.9 Å². The molecule has 6 rings (SSSR count). The van der Waals surface area contributed by atoms with Gasteiger partial charge in [0, 0.05) is 7.05 Å². The molecule has 2 saturated heterocycles. The molecule has 0 spiro atoms. The quantitative estimate of drug-likeness (QED) is 0.0794. The van der Waals surface area contributed by atoms with E-state index in [1.54, 1.807) is 0 Å². The lowest BCUT2D eigenvalue weighted by Gasteiger charge is -2.31. The smallest absolute Gasteiger partial charge is 0.394 e. The molecule has 2 fully saturated rings. The number of imidazole rings is 2. The van der Waals surface area contributed by atoms with Gasteiger partial charge in [-0.1, -0.05) is 0 Å². The largest absolute Gasteiger partial charge is 0.472 e. The first-order chi connectivity index (χ1) is 21.3. The summed E-state index contributed by atoms with van der Waals surface area (Å²) < 4.78 is 37.2. The van der Waals surface area contributed by atoms with Gasteiger partial charge in [0.1, 0.15) is 36.1 Å². The third-order valence-corrected chi connectivity index (χ3v) is 8.50. The molecule has 6 heterocycles. The van der Waals surface area contributed by atoms with Crippen molar-refractivity contribution < 1.29 is 48.4 Å². The topological polar surface area (TPSA) is 320 Å². The molecule has 0 aromatic carbocycles. The Labute approximate surface area is 250 Å². The number of hydrogen-bond acceptors (Lipinski definition) is 17. The van der Waals surface area contributed by atoms with Crippen LogP contribution >= 0.6 is 7.82 Å². The average molecular weight is 657 g/mol. The Morgan fingerprint density at radius 2 is 1.71 bits per heavy atom. The van der Waals surface area contributed by atoms with Crippen LogP contribution in [0.5, 0.6) is 0 Å². The van der Waals surface area contributed by atoms with Gasteiger partial charge in [-0.05, 0) is 6.92 Å². The van der Waals surface area contributed by atoms with Gasteiger partial charge in [0.05, 0.1) is 25.9 Å². The van der Waals surface area contributed by atoms with Gasteiger partial charge >= 0.3 is 7.82 Å². The minimum Gasteiger partial charge on any atom is -0.394 e. The number of aromatic nitrogens is 8. The molecule has 23 heteroatoms. The van der Waals surface area contributed by atoms with Crippen LogP contribution in [0.1, 0.15) is 19.4 Å². The predicted octanol–water partition coefficient (Wildman–Crippen LogP) is -3.36. The van der Waals surface area contributed by atoms with E-state index in [0.717, 1.165) is 10.9 Å². The normalized spacial score (nSPS) is 31.6. The van der Waals surface area contributed by atoms with E-state index in [1.165, 1.54) is 24.9 Å². The van der Waals surface area contributed by atoms with E-state index in [4.69, 9.17) is 24.3 Å². The molecule has 0 amide bonds. The zero-order valence-corrected chi connectivity index (χ0v) is 24.3. The lowest BCUT2D eigenvalue weighted by atomic mass is 9.96. The highest BCUT2D eigenvalue weighted by atomic mass is 31.2. The number of anilines is 2. The number of fused-ring (bicyclic) bond motifs is 2. The van der Waals surface area contributed by atoms with Crippen molar-refractivity contribution in [1.29, 1.82) is 0 Å². The minimum absolute atomic E-state index is 0.00258. The van der Waals surface area contributed by atoms with E-state index in [1.807, 2.05) is 0 Å². The molecule has 244 valence electrons. The Hall–Kier alpha value is -3.83. The zero-order valence-electron chi connectivity index (χ0n) is 23.4. The molecule has 0 aliphatic carbocycles. The fourth-order valence-corrected chi connectivity index (χ4v) is 6.37. The summed E-state index contributed by atoms with van der Waals surface area (Å²) in [6.45, 7) is -0.347. The molecular formula is C22H29N10O12P. The number of nitrogen functional groups attached to an aromatic ring is 1. The fraction of sp³-hybridized carbons (Fsp3) is 0.545. The van der Waals surface area contributed by atoms with E-state index in [0.29, 0.717) is 0 Å². The van der Waals surface area contributed by atoms with Crippen molar-refractivity contribution in [2.75, 3.05) is 31.3 Å². The molecule has 4 aromatic rings. The summed E-state index contributed by atoms with van der Waals surface area (Å²) in [4.78, 5) is 55.9. The second kappa shape index (κ2) is 11.2. The van der Waals surface area contributed by atoms with E-state index in [9.17, 15) is 39.5 Å². The van der Waals surface area contributed by atoms with Crippen molar-refractivity contribution >= 4 is 42.0 Å². The van der Waals surface area contributed by atoms with Crippen LogP contribution in [0.3, 0.4) is 0 Å². The van der Waals surface area contributed by atoms with Gasteiger partial charge in [-0.3, -0.25) is 37.7 Å². The monoisotopic (exact) mass is 656 g/mol. The van der Waals surface area contributed by atoms with Crippen molar-refractivity contribution in [3.05, 3.63) is 33.4 Å². The van der Waals surface area contributed by atoms with Crippen LogP contribution in [0, 0.1) is 0 Å². The number of phosphoric ester groups is 1. The Morgan fingerprint density at radius 1 is 1.07 bits per heavy atom. The number of phosphoric acid groups is 1. The molecule has 1 unspecified atom stereocenters. The number of nitrogens with one attached hydrogen (secondary N) is 3. The van der Waals surface area contributed by atoms with Crippen molar-refractivity contribution in [2.45, 2.75) is 55.5 Å². The van der Waals surface area contributed by atoms with Crippen LogP contribution in [0.25, 0.3) is 22.3 Å². The van der Waals surface area contributed by atoms with E-state index >= 15 is 0 Å². The van der Waals surface area contributed by atoms with Gasteiger partial charge in [-0.2, -0.15) is 9.97 Å². The van der Waals surface area contributed by atoms with E-state index < -0.39 is 80.7 Å². The summed E-state index contributed by atoms with van der Waals surface area (Å²) in [6, 6.07) is 0.